The number of hydrogen-bond donors (Lipinski definition) is 1. The van der Waals surface area contributed by atoms with Crippen molar-refractivity contribution in [2.24, 2.45) is 0 Å². The van der Waals surface area contributed by atoms with Crippen LogP contribution in [0.4, 0.5) is 11.4 Å². The molecule has 1 aromatic rings. The Morgan fingerprint density at radius 2 is 1.59 bits per heavy atom. The number of benzene rings is 1. The van der Waals surface area contributed by atoms with Crippen LogP contribution in [0.5, 0.6) is 0 Å². The smallest absolute Gasteiger partial charge is 0.279 e. The van der Waals surface area contributed by atoms with Gasteiger partial charge in [0, 0.05) is 38.4 Å². The van der Waals surface area contributed by atoms with Gasteiger partial charge in [-0.1, -0.05) is 12.1 Å². The van der Waals surface area contributed by atoms with Gasteiger partial charge in [-0.05, 0) is 45.7 Å². The van der Waals surface area contributed by atoms with E-state index in [1.165, 1.54) is 0 Å². The van der Waals surface area contributed by atoms with Crippen LogP contribution in [-0.2, 0) is 37.5 Å². The van der Waals surface area contributed by atoms with E-state index in [1.807, 2.05) is 26.0 Å². The van der Waals surface area contributed by atoms with E-state index in [9.17, 15) is 4.79 Å². The second-order valence-electron chi connectivity index (χ2n) is 5.56. The van der Waals surface area contributed by atoms with Crippen LogP contribution in [0.1, 0.15) is 31.9 Å². The Morgan fingerprint density at radius 3 is 1.95 bits per heavy atom. The van der Waals surface area contributed by atoms with Crippen molar-refractivity contribution in [1.29, 1.82) is 0 Å². The molecule has 0 saturated carbocycles. The van der Waals surface area contributed by atoms with E-state index in [1.54, 1.807) is 0 Å². The number of amides is 1. The first-order valence-electron chi connectivity index (χ1n) is 7.55. The summed E-state index contributed by atoms with van der Waals surface area (Å²) in [6, 6.07) is 3.63. The summed E-state index contributed by atoms with van der Waals surface area (Å²) in [5.41, 5.74) is 3.34. The third-order valence-electron chi connectivity index (χ3n) is 4.40. The Balaban J connectivity index is 0.00000441. The molecule has 0 atom stereocenters. The quantitative estimate of drug-likeness (QED) is 0.596. The molecule has 0 fully saturated rings. The van der Waals surface area contributed by atoms with Crippen molar-refractivity contribution >= 4 is 17.3 Å². The van der Waals surface area contributed by atoms with Gasteiger partial charge in [0.15, 0.2) is 12.2 Å². The number of anilines is 1. The van der Waals surface area contributed by atoms with Gasteiger partial charge < -0.3 is 9.80 Å². The van der Waals surface area contributed by atoms with E-state index in [0.29, 0.717) is 12.2 Å². The van der Waals surface area contributed by atoms with Gasteiger partial charge in [-0.3, -0.25) is 4.79 Å². The van der Waals surface area contributed by atoms with Crippen molar-refractivity contribution in [1.82, 2.24) is 0 Å². The van der Waals surface area contributed by atoms with Gasteiger partial charge in [0.05, 0.1) is 26.2 Å². The Bertz CT molecular complexity index is 528. The molecule has 5 heteroatoms. The third-order valence-corrected chi connectivity index (χ3v) is 4.40. The summed E-state index contributed by atoms with van der Waals surface area (Å²) in [5.74, 6) is 0.0438. The molecular weight excluding hydrogens is 351 g/mol. The van der Waals surface area contributed by atoms with Crippen molar-refractivity contribution < 1.29 is 42.0 Å². The zero-order valence-corrected chi connectivity index (χ0v) is 17.2. The van der Waals surface area contributed by atoms with Crippen LogP contribution in [0.2, 0.25) is 0 Å². The average molecular weight is 377 g/mol. The maximum atomic E-state index is 12.4. The molecule has 1 aromatic carbocycles. The van der Waals surface area contributed by atoms with Crippen LogP contribution in [0.3, 0.4) is 0 Å². The SMILES string of the molecule is [C-]#[N+]c1cc(C)c(NC(=O)C[N+](CC)(CC)CC)c(C)c1.[Y]. The molecule has 1 rings (SSSR count). The van der Waals surface area contributed by atoms with Crippen LogP contribution in [-0.4, -0.2) is 36.6 Å². The van der Waals surface area contributed by atoms with Crippen molar-refractivity contribution in [3.8, 4) is 0 Å². The van der Waals surface area contributed by atoms with Crippen molar-refractivity contribution in [2.75, 3.05) is 31.5 Å². The third kappa shape index (κ3) is 5.16. The normalized spacial score (nSPS) is 10.5. The molecular formula is C17H26N3OY+. The van der Waals surface area contributed by atoms with Gasteiger partial charge in [0.25, 0.3) is 5.91 Å². The van der Waals surface area contributed by atoms with Crippen LogP contribution >= 0.6 is 0 Å². The van der Waals surface area contributed by atoms with Crippen molar-refractivity contribution in [3.05, 3.63) is 34.7 Å². The summed E-state index contributed by atoms with van der Waals surface area (Å²) in [6.07, 6.45) is 0. The summed E-state index contributed by atoms with van der Waals surface area (Å²) < 4.78 is 0.796. The van der Waals surface area contributed by atoms with Crippen molar-refractivity contribution in [3.63, 3.8) is 0 Å². The molecule has 4 nitrogen and oxygen atoms in total. The minimum Gasteiger partial charge on any atom is -0.321 e. The summed E-state index contributed by atoms with van der Waals surface area (Å²) in [4.78, 5) is 15.8. The van der Waals surface area contributed by atoms with Gasteiger partial charge in [-0.15, -0.1) is 0 Å². The molecule has 0 aliphatic heterocycles. The number of carbonyl (C=O) groups excluding carboxylic acids is 1. The molecule has 0 saturated heterocycles. The summed E-state index contributed by atoms with van der Waals surface area (Å²) in [6.45, 7) is 20.7. The number of quaternary nitrogens is 1. The van der Waals surface area contributed by atoms with Gasteiger partial charge in [0.2, 0.25) is 0 Å². The number of rotatable bonds is 6. The number of nitrogens with zero attached hydrogens (tertiary/aromatic N) is 2. The molecule has 0 aromatic heterocycles. The predicted octanol–water partition coefficient (Wildman–Crippen LogP) is 3.67. The minimum atomic E-state index is 0. The second kappa shape index (κ2) is 9.40. The Kier molecular flexibility index (Phi) is 9.07. The van der Waals surface area contributed by atoms with Gasteiger partial charge in [-0.2, -0.15) is 0 Å². The largest absolute Gasteiger partial charge is 0.321 e. The summed E-state index contributed by atoms with van der Waals surface area (Å²) in [7, 11) is 0. The van der Waals surface area contributed by atoms with E-state index in [2.05, 4.69) is 30.9 Å². The second-order valence-corrected chi connectivity index (χ2v) is 5.56. The maximum absolute atomic E-state index is 12.4. The fraction of sp³-hybridized carbons (Fsp3) is 0.529. The van der Waals surface area contributed by atoms with Gasteiger partial charge in [-0.25, -0.2) is 4.85 Å². The summed E-state index contributed by atoms with van der Waals surface area (Å²) in [5, 5.41) is 3.03. The van der Waals surface area contributed by atoms with E-state index in [4.69, 9.17) is 6.57 Å². The Labute approximate surface area is 159 Å². The number of nitrogens with one attached hydrogen (secondary N) is 1. The predicted molar refractivity (Wildman–Crippen MR) is 87.6 cm³/mol. The average Bonchev–Trinajstić information content (AvgIpc) is 2.48. The number of hydrogen-bond acceptors (Lipinski definition) is 1. The number of carbonyl (C=O) groups is 1. The van der Waals surface area contributed by atoms with Gasteiger partial charge in [0.1, 0.15) is 0 Å². The topological polar surface area (TPSA) is 33.5 Å². The molecule has 0 spiro atoms. The molecule has 0 aliphatic carbocycles. The number of aryl methyl sites for hydroxylation is 2. The molecule has 22 heavy (non-hydrogen) atoms. The van der Waals surface area contributed by atoms with Crippen LogP contribution in [0.25, 0.3) is 4.85 Å². The monoisotopic (exact) mass is 377 g/mol. The fourth-order valence-electron chi connectivity index (χ4n) is 2.69. The van der Waals surface area contributed by atoms with E-state index >= 15 is 0 Å². The fourth-order valence-corrected chi connectivity index (χ4v) is 2.69. The Morgan fingerprint density at radius 1 is 1.14 bits per heavy atom. The van der Waals surface area contributed by atoms with Crippen molar-refractivity contribution in [2.45, 2.75) is 34.6 Å². The first-order chi connectivity index (χ1) is 9.91. The van der Waals surface area contributed by atoms with Crippen LogP contribution < -0.4 is 5.32 Å². The minimum absolute atomic E-state index is 0. The molecule has 0 unspecified atom stereocenters. The molecule has 0 aliphatic rings. The first kappa shape index (κ1) is 21.2. The summed E-state index contributed by atoms with van der Waals surface area (Å²) >= 11 is 0. The van der Waals surface area contributed by atoms with Crippen LogP contribution in [0, 0.1) is 20.4 Å². The Hall–Kier alpha value is -0.756. The molecule has 1 radical (unpaired) electrons. The van der Waals surface area contributed by atoms with Gasteiger partial charge >= 0.3 is 0 Å². The maximum Gasteiger partial charge on any atom is 0.279 e. The standard InChI is InChI=1S/C17H25N3O.Y/c1-7-20(8-2,9-3)12-16(21)19-17-13(4)10-15(18-6)11-14(17)5;/h10-11H,7-9,12H2,1-5H3;/p+1. The van der Waals surface area contributed by atoms with E-state index in [-0.39, 0.29) is 38.6 Å². The first-order valence-corrected chi connectivity index (χ1v) is 7.55. The van der Waals surface area contributed by atoms with E-state index < -0.39 is 0 Å². The molecule has 0 bridgehead atoms. The molecule has 1 N–H and O–H groups in total. The zero-order chi connectivity index (χ0) is 16.0. The number of likely N-dealkylation sites (N-methyl/N-ethyl adjacent to an activating group) is 1. The van der Waals surface area contributed by atoms with Crippen LogP contribution in [0.15, 0.2) is 12.1 Å². The molecule has 1 amide bonds. The zero-order valence-electron chi connectivity index (χ0n) is 14.4. The van der Waals surface area contributed by atoms with E-state index in [0.717, 1.165) is 40.9 Å². The molecule has 0 heterocycles. The molecule has 117 valence electrons.